The van der Waals surface area contributed by atoms with Crippen LogP contribution in [0.25, 0.3) is 0 Å². The first-order valence-corrected chi connectivity index (χ1v) is 8.76. The SMILES string of the molecule is NCc1nc(C(=O)N2CCC(COc3ccccc3)CC2)cs1. The van der Waals surface area contributed by atoms with Crippen molar-refractivity contribution in [1.82, 2.24) is 9.88 Å². The molecule has 0 atom stereocenters. The molecule has 23 heavy (non-hydrogen) atoms. The van der Waals surface area contributed by atoms with Crippen LogP contribution in [0.3, 0.4) is 0 Å². The van der Waals surface area contributed by atoms with E-state index in [1.165, 1.54) is 11.3 Å². The summed E-state index contributed by atoms with van der Waals surface area (Å²) in [6, 6.07) is 9.86. The van der Waals surface area contributed by atoms with Crippen LogP contribution >= 0.6 is 11.3 Å². The highest BCUT2D eigenvalue weighted by molar-refractivity contribution is 7.09. The summed E-state index contributed by atoms with van der Waals surface area (Å²) in [6.45, 7) is 2.62. The summed E-state index contributed by atoms with van der Waals surface area (Å²) in [6.07, 6.45) is 1.93. The third-order valence-electron chi connectivity index (χ3n) is 4.08. The lowest BCUT2D eigenvalue weighted by atomic mass is 9.97. The number of ether oxygens (including phenoxy) is 1. The first-order chi connectivity index (χ1) is 11.3. The van der Waals surface area contributed by atoms with Gasteiger partial charge in [-0.15, -0.1) is 11.3 Å². The van der Waals surface area contributed by atoms with Crippen LogP contribution in [-0.4, -0.2) is 35.5 Å². The van der Waals surface area contributed by atoms with Gasteiger partial charge in [0.15, 0.2) is 0 Å². The molecule has 0 spiro atoms. The molecule has 2 aromatic rings. The molecule has 1 aliphatic rings. The Balaban J connectivity index is 1.47. The molecule has 122 valence electrons. The molecular weight excluding hydrogens is 310 g/mol. The van der Waals surface area contributed by atoms with Crippen molar-refractivity contribution >= 4 is 17.2 Å². The summed E-state index contributed by atoms with van der Waals surface area (Å²) in [7, 11) is 0. The lowest BCUT2D eigenvalue weighted by molar-refractivity contribution is 0.0656. The highest BCUT2D eigenvalue weighted by atomic mass is 32.1. The van der Waals surface area contributed by atoms with Crippen LogP contribution in [0.15, 0.2) is 35.7 Å². The first kappa shape index (κ1) is 16.0. The summed E-state index contributed by atoms with van der Waals surface area (Å²) in [5, 5.41) is 2.61. The van der Waals surface area contributed by atoms with E-state index in [2.05, 4.69) is 4.98 Å². The molecule has 1 amide bonds. The molecular formula is C17H21N3O2S. The fraction of sp³-hybridized carbons (Fsp3) is 0.412. The molecule has 0 aliphatic carbocycles. The van der Waals surface area contributed by atoms with Gasteiger partial charge in [-0.2, -0.15) is 0 Å². The number of nitrogens with two attached hydrogens (primary N) is 1. The van der Waals surface area contributed by atoms with Gasteiger partial charge >= 0.3 is 0 Å². The second-order valence-corrected chi connectivity index (χ2v) is 6.63. The van der Waals surface area contributed by atoms with Crippen molar-refractivity contribution in [2.75, 3.05) is 19.7 Å². The molecule has 2 N–H and O–H groups in total. The maximum atomic E-state index is 12.4. The monoisotopic (exact) mass is 331 g/mol. The van der Waals surface area contributed by atoms with Crippen LogP contribution < -0.4 is 10.5 Å². The summed E-state index contributed by atoms with van der Waals surface area (Å²) < 4.78 is 5.82. The van der Waals surface area contributed by atoms with Crippen molar-refractivity contribution in [3.8, 4) is 5.75 Å². The molecule has 5 nitrogen and oxygen atoms in total. The Kier molecular flexibility index (Phi) is 5.25. The standard InChI is InChI=1S/C17H21N3O2S/c18-10-16-19-15(12-23-16)17(21)20-8-6-13(7-9-20)11-22-14-4-2-1-3-5-14/h1-5,12-13H,6-11,18H2. The number of nitrogens with zero attached hydrogens (tertiary/aromatic N) is 2. The first-order valence-electron chi connectivity index (χ1n) is 7.88. The Morgan fingerprint density at radius 3 is 2.70 bits per heavy atom. The van der Waals surface area contributed by atoms with E-state index in [1.54, 1.807) is 5.38 Å². The highest BCUT2D eigenvalue weighted by Crippen LogP contribution is 2.21. The normalized spacial score (nSPS) is 15.6. The largest absolute Gasteiger partial charge is 0.493 e. The Bertz CT molecular complexity index is 636. The van der Waals surface area contributed by atoms with Crippen LogP contribution in [0.2, 0.25) is 0 Å². The predicted molar refractivity (Wildman–Crippen MR) is 90.6 cm³/mol. The number of aromatic nitrogens is 1. The molecule has 0 saturated carbocycles. The number of hydrogen-bond donors (Lipinski definition) is 1. The third kappa shape index (κ3) is 4.09. The highest BCUT2D eigenvalue weighted by Gasteiger charge is 2.25. The minimum atomic E-state index is 0.0170. The lowest BCUT2D eigenvalue weighted by Gasteiger charge is -2.31. The molecule has 0 unspecified atom stereocenters. The molecule has 0 radical (unpaired) electrons. The number of carbonyl (C=O) groups excluding carboxylic acids is 1. The Morgan fingerprint density at radius 1 is 1.30 bits per heavy atom. The van der Waals surface area contributed by atoms with E-state index in [0.717, 1.165) is 36.7 Å². The summed E-state index contributed by atoms with van der Waals surface area (Å²) in [5.74, 6) is 1.42. The Hall–Kier alpha value is -1.92. The van der Waals surface area contributed by atoms with Gasteiger partial charge in [0.2, 0.25) is 0 Å². The van der Waals surface area contributed by atoms with Gasteiger partial charge in [-0.3, -0.25) is 4.79 Å². The van der Waals surface area contributed by atoms with Crippen LogP contribution in [-0.2, 0) is 6.54 Å². The molecule has 3 rings (SSSR count). The molecule has 1 aromatic carbocycles. The van der Waals surface area contributed by atoms with Crippen LogP contribution in [0.1, 0.15) is 28.3 Å². The number of likely N-dealkylation sites (tertiary alicyclic amines) is 1. The summed E-state index contributed by atoms with van der Waals surface area (Å²) in [4.78, 5) is 18.6. The van der Waals surface area contributed by atoms with Crippen molar-refractivity contribution in [3.63, 3.8) is 0 Å². The second-order valence-electron chi connectivity index (χ2n) is 5.69. The molecule has 0 bridgehead atoms. The zero-order valence-corrected chi connectivity index (χ0v) is 13.8. The Labute approximate surface area is 140 Å². The number of rotatable bonds is 5. The maximum Gasteiger partial charge on any atom is 0.273 e. The fourth-order valence-electron chi connectivity index (χ4n) is 2.70. The maximum absolute atomic E-state index is 12.4. The number of carbonyl (C=O) groups is 1. The quantitative estimate of drug-likeness (QED) is 0.914. The average molecular weight is 331 g/mol. The number of thiazole rings is 1. The van der Waals surface area contributed by atoms with Gasteiger partial charge < -0.3 is 15.4 Å². The molecule has 1 fully saturated rings. The number of piperidine rings is 1. The molecule has 6 heteroatoms. The van der Waals surface area contributed by atoms with Gasteiger partial charge in [0.25, 0.3) is 5.91 Å². The van der Waals surface area contributed by atoms with Gasteiger partial charge in [0.05, 0.1) is 6.61 Å². The number of para-hydroxylation sites is 1. The van der Waals surface area contributed by atoms with E-state index < -0.39 is 0 Å². The van der Waals surface area contributed by atoms with Crippen molar-refractivity contribution in [2.45, 2.75) is 19.4 Å². The van der Waals surface area contributed by atoms with Crippen molar-refractivity contribution in [1.29, 1.82) is 0 Å². The Morgan fingerprint density at radius 2 is 2.04 bits per heavy atom. The van der Waals surface area contributed by atoms with Gasteiger partial charge in [-0.05, 0) is 30.9 Å². The fourth-order valence-corrected chi connectivity index (χ4v) is 3.35. The predicted octanol–water partition coefficient (Wildman–Crippen LogP) is 2.53. The van der Waals surface area contributed by atoms with E-state index in [-0.39, 0.29) is 5.91 Å². The average Bonchev–Trinajstić information content (AvgIpc) is 3.10. The molecule has 2 heterocycles. The minimum absolute atomic E-state index is 0.0170. The van der Waals surface area contributed by atoms with Crippen LogP contribution in [0, 0.1) is 5.92 Å². The smallest absolute Gasteiger partial charge is 0.273 e. The summed E-state index contributed by atoms with van der Waals surface area (Å²) >= 11 is 1.44. The zero-order chi connectivity index (χ0) is 16.1. The lowest BCUT2D eigenvalue weighted by Crippen LogP contribution is -2.39. The van der Waals surface area contributed by atoms with Crippen LogP contribution in [0.5, 0.6) is 5.75 Å². The topological polar surface area (TPSA) is 68.5 Å². The van der Waals surface area contributed by atoms with E-state index in [9.17, 15) is 4.79 Å². The molecule has 1 saturated heterocycles. The van der Waals surface area contributed by atoms with Gasteiger partial charge in [0, 0.05) is 25.0 Å². The van der Waals surface area contributed by atoms with Gasteiger partial charge in [0.1, 0.15) is 16.5 Å². The molecule has 1 aromatic heterocycles. The number of benzene rings is 1. The number of amides is 1. The van der Waals surface area contributed by atoms with Gasteiger partial charge in [-0.1, -0.05) is 18.2 Å². The molecule has 1 aliphatic heterocycles. The zero-order valence-electron chi connectivity index (χ0n) is 13.0. The van der Waals surface area contributed by atoms with E-state index in [4.69, 9.17) is 10.5 Å². The second kappa shape index (κ2) is 7.57. The minimum Gasteiger partial charge on any atom is -0.493 e. The van der Waals surface area contributed by atoms with Crippen molar-refractivity contribution < 1.29 is 9.53 Å². The third-order valence-corrected chi connectivity index (χ3v) is 4.95. The number of hydrogen-bond acceptors (Lipinski definition) is 5. The van der Waals surface area contributed by atoms with E-state index >= 15 is 0 Å². The van der Waals surface area contributed by atoms with Gasteiger partial charge in [-0.25, -0.2) is 4.98 Å². The van der Waals surface area contributed by atoms with Crippen LogP contribution in [0.4, 0.5) is 0 Å². The van der Waals surface area contributed by atoms with E-state index in [1.807, 2.05) is 35.2 Å². The summed E-state index contributed by atoms with van der Waals surface area (Å²) in [5.41, 5.74) is 6.07. The van der Waals surface area contributed by atoms with Crippen molar-refractivity contribution in [2.24, 2.45) is 11.7 Å². The van der Waals surface area contributed by atoms with E-state index in [0.29, 0.717) is 24.8 Å². The van der Waals surface area contributed by atoms with Crippen molar-refractivity contribution in [3.05, 3.63) is 46.4 Å².